The number of amides is 1. The molecule has 0 bridgehead atoms. The fraction of sp³-hybridized carbons (Fsp3) is 0.294. The first-order valence-electron chi connectivity index (χ1n) is 7.72. The first kappa shape index (κ1) is 20.4. The first-order valence-corrected chi connectivity index (χ1v) is 7.72. The quantitative estimate of drug-likeness (QED) is 0.739. The molecule has 1 aromatic rings. The monoisotopic (exact) mass is 391 g/mol. The number of rotatable bonds is 5. The summed E-state index contributed by atoms with van der Waals surface area (Å²) in [5.41, 5.74) is -2.98. The molecule has 2 rings (SSSR count). The summed E-state index contributed by atoms with van der Waals surface area (Å²) in [5.74, 6) is -5.96. The Morgan fingerprint density at radius 1 is 1.19 bits per heavy atom. The highest BCUT2D eigenvalue weighted by Crippen LogP contribution is 2.36. The van der Waals surface area contributed by atoms with Crippen molar-refractivity contribution in [2.24, 2.45) is 0 Å². The Morgan fingerprint density at radius 2 is 1.78 bits per heavy atom. The number of benzene rings is 1. The zero-order chi connectivity index (χ0) is 20.4. The second-order valence-corrected chi connectivity index (χ2v) is 5.51. The SMILES string of the molecule is CCOC1=C(C(F)(F)F)C=C(C(=O)Nc2cc(F)c(C(=O)O)c(F)c2)CC1. The van der Waals surface area contributed by atoms with E-state index in [1.165, 1.54) is 6.92 Å². The van der Waals surface area contributed by atoms with E-state index in [0.717, 1.165) is 0 Å². The van der Waals surface area contributed by atoms with Gasteiger partial charge < -0.3 is 15.2 Å². The topological polar surface area (TPSA) is 75.6 Å². The highest BCUT2D eigenvalue weighted by Gasteiger charge is 2.38. The number of anilines is 1. The molecule has 0 unspecified atom stereocenters. The van der Waals surface area contributed by atoms with Crippen molar-refractivity contribution in [3.8, 4) is 0 Å². The molecule has 0 saturated heterocycles. The van der Waals surface area contributed by atoms with E-state index in [2.05, 4.69) is 5.32 Å². The average molecular weight is 391 g/mol. The van der Waals surface area contributed by atoms with E-state index in [1.54, 1.807) is 0 Å². The van der Waals surface area contributed by atoms with E-state index >= 15 is 0 Å². The average Bonchev–Trinajstić information content (AvgIpc) is 2.53. The Bertz CT molecular complexity index is 819. The van der Waals surface area contributed by atoms with E-state index < -0.39 is 46.5 Å². The maximum atomic E-state index is 13.6. The second-order valence-electron chi connectivity index (χ2n) is 5.51. The van der Waals surface area contributed by atoms with Crippen LogP contribution in [0.25, 0.3) is 0 Å². The van der Waals surface area contributed by atoms with Crippen LogP contribution in [-0.2, 0) is 9.53 Å². The van der Waals surface area contributed by atoms with Gasteiger partial charge in [-0.1, -0.05) is 0 Å². The van der Waals surface area contributed by atoms with Crippen molar-refractivity contribution in [3.63, 3.8) is 0 Å². The molecule has 0 radical (unpaired) electrons. The number of aromatic carboxylic acids is 1. The molecule has 0 saturated carbocycles. The summed E-state index contributed by atoms with van der Waals surface area (Å²) in [6.07, 6.45) is -4.35. The Balaban J connectivity index is 2.30. The molecule has 1 aliphatic carbocycles. The van der Waals surface area contributed by atoms with Crippen molar-refractivity contribution >= 4 is 17.6 Å². The van der Waals surface area contributed by atoms with Gasteiger partial charge in [-0.05, 0) is 31.6 Å². The minimum atomic E-state index is -4.74. The summed E-state index contributed by atoms with van der Waals surface area (Å²) in [7, 11) is 0. The van der Waals surface area contributed by atoms with Gasteiger partial charge in [0, 0.05) is 17.7 Å². The number of ether oxygens (including phenoxy) is 1. The summed E-state index contributed by atoms with van der Waals surface area (Å²) in [5, 5.41) is 10.8. The molecule has 10 heteroatoms. The molecule has 1 aliphatic rings. The van der Waals surface area contributed by atoms with Gasteiger partial charge in [0.05, 0.1) is 12.2 Å². The molecule has 0 aromatic heterocycles. The number of carbonyl (C=O) groups is 2. The number of hydrogen-bond donors (Lipinski definition) is 2. The number of carbonyl (C=O) groups excluding carboxylic acids is 1. The first-order chi connectivity index (χ1) is 12.5. The van der Waals surface area contributed by atoms with Crippen molar-refractivity contribution in [1.82, 2.24) is 0 Å². The van der Waals surface area contributed by atoms with E-state index in [9.17, 15) is 31.5 Å². The fourth-order valence-corrected chi connectivity index (χ4v) is 2.51. The molecular weight excluding hydrogens is 377 g/mol. The normalized spacial score (nSPS) is 14.7. The van der Waals surface area contributed by atoms with Crippen LogP contribution in [0, 0.1) is 11.6 Å². The Labute approximate surface area is 150 Å². The molecule has 27 heavy (non-hydrogen) atoms. The molecule has 0 aliphatic heterocycles. The second kappa shape index (κ2) is 7.77. The zero-order valence-electron chi connectivity index (χ0n) is 13.9. The zero-order valence-corrected chi connectivity index (χ0v) is 13.9. The van der Waals surface area contributed by atoms with Crippen LogP contribution in [0.15, 0.2) is 35.1 Å². The Kier molecular flexibility index (Phi) is 5.87. The largest absolute Gasteiger partial charge is 0.498 e. The lowest BCUT2D eigenvalue weighted by atomic mass is 9.96. The Hall–Kier alpha value is -2.91. The number of allylic oxidation sites excluding steroid dienone is 3. The molecule has 2 N–H and O–H groups in total. The van der Waals surface area contributed by atoms with Gasteiger partial charge in [-0.25, -0.2) is 13.6 Å². The van der Waals surface area contributed by atoms with E-state index in [4.69, 9.17) is 9.84 Å². The molecule has 0 heterocycles. The van der Waals surface area contributed by atoms with Gasteiger partial charge in [-0.15, -0.1) is 0 Å². The Morgan fingerprint density at radius 3 is 2.26 bits per heavy atom. The summed E-state index contributed by atoms with van der Waals surface area (Å²) >= 11 is 0. The van der Waals surface area contributed by atoms with E-state index in [1.807, 2.05) is 0 Å². The van der Waals surface area contributed by atoms with Crippen molar-refractivity contribution < 1.29 is 41.4 Å². The molecule has 1 amide bonds. The number of nitrogens with one attached hydrogen (secondary N) is 1. The number of halogens is 5. The van der Waals surface area contributed by atoms with Crippen molar-refractivity contribution in [2.45, 2.75) is 25.9 Å². The van der Waals surface area contributed by atoms with Gasteiger partial charge in [0.25, 0.3) is 5.91 Å². The van der Waals surface area contributed by atoms with Crippen LogP contribution in [0.2, 0.25) is 0 Å². The van der Waals surface area contributed by atoms with Crippen molar-refractivity contribution in [1.29, 1.82) is 0 Å². The van der Waals surface area contributed by atoms with E-state index in [0.29, 0.717) is 18.2 Å². The van der Waals surface area contributed by atoms with Crippen molar-refractivity contribution in [2.75, 3.05) is 11.9 Å². The van der Waals surface area contributed by atoms with Crippen LogP contribution in [0.1, 0.15) is 30.1 Å². The van der Waals surface area contributed by atoms with Gasteiger partial charge in [-0.2, -0.15) is 13.2 Å². The van der Waals surface area contributed by atoms with Crippen LogP contribution in [0.5, 0.6) is 0 Å². The van der Waals surface area contributed by atoms with Gasteiger partial charge in [0.2, 0.25) is 0 Å². The lowest BCUT2D eigenvalue weighted by Gasteiger charge is -2.21. The summed E-state index contributed by atoms with van der Waals surface area (Å²) in [4.78, 5) is 22.9. The lowest BCUT2D eigenvalue weighted by molar-refractivity contribution is -0.113. The molecule has 1 aromatic carbocycles. The van der Waals surface area contributed by atoms with Gasteiger partial charge in [-0.3, -0.25) is 4.79 Å². The summed E-state index contributed by atoms with van der Waals surface area (Å²) in [6, 6.07) is 1.14. The third-order valence-electron chi connectivity index (χ3n) is 3.67. The highest BCUT2D eigenvalue weighted by molar-refractivity contribution is 6.04. The molecule has 0 atom stereocenters. The minimum absolute atomic E-state index is 0.0266. The molecule has 146 valence electrons. The third kappa shape index (κ3) is 4.63. The highest BCUT2D eigenvalue weighted by atomic mass is 19.4. The maximum Gasteiger partial charge on any atom is 0.419 e. The van der Waals surface area contributed by atoms with Crippen LogP contribution >= 0.6 is 0 Å². The molecular formula is C17H14F5NO4. The maximum absolute atomic E-state index is 13.6. The van der Waals surface area contributed by atoms with Gasteiger partial charge in [0.15, 0.2) is 0 Å². The number of hydrogen-bond acceptors (Lipinski definition) is 3. The van der Waals surface area contributed by atoms with Crippen LogP contribution < -0.4 is 5.32 Å². The smallest absolute Gasteiger partial charge is 0.419 e. The standard InChI is InChI=1S/C17H14F5NO4/c1-2-27-13-4-3-8(5-10(13)17(20,21)22)15(24)23-9-6-11(18)14(16(25)26)12(19)7-9/h5-7H,2-4H2,1H3,(H,23,24)(H,25,26). The summed E-state index contributed by atoms with van der Waals surface area (Å²) in [6.45, 7) is 1.55. The molecule has 0 spiro atoms. The molecule has 5 nitrogen and oxygen atoms in total. The van der Waals surface area contributed by atoms with Crippen LogP contribution in [-0.4, -0.2) is 29.8 Å². The number of alkyl halides is 3. The van der Waals surface area contributed by atoms with Crippen LogP contribution in [0.4, 0.5) is 27.6 Å². The fourth-order valence-electron chi connectivity index (χ4n) is 2.51. The van der Waals surface area contributed by atoms with Gasteiger partial charge in [0.1, 0.15) is 23.0 Å². The predicted molar refractivity (Wildman–Crippen MR) is 84.0 cm³/mol. The lowest BCUT2D eigenvalue weighted by Crippen LogP contribution is -2.22. The summed E-state index contributed by atoms with van der Waals surface area (Å²) < 4.78 is 71.7. The minimum Gasteiger partial charge on any atom is -0.498 e. The van der Waals surface area contributed by atoms with Gasteiger partial charge >= 0.3 is 12.1 Å². The third-order valence-corrected chi connectivity index (χ3v) is 3.67. The predicted octanol–water partition coefficient (Wildman–Crippen LogP) is 4.17. The number of carboxylic acids is 1. The van der Waals surface area contributed by atoms with E-state index in [-0.39, 0.29) is 30.8 Å². The number of carboxylic acid groups (broad SMARTS) is 1. The van der Waals surface area contributed by atoms with Crippen molar-refractivity contribution in [3.05, 3.63) is 52.3 Å². The van der Waals surface area contributed by atoms with Crippen LogP contribution in [0.3, 0.4) is 0 Å². The molecule has 0 fully saturated rings.